The molecule has 0 aliphatic heterocycles. The highest BCUT2D eigenvalue weighted by Crippen LogP contribution is 2.18. The number of carbonyl (C=O) groups is 1. The monoisotopic (exact) mass is 208 g/mol. The molecule has 0 radical (unpaired) electrons. The largest absolute Gasteiger partial charge is 0.530 e. The van der Waals surface area contributed by atoms with E-state index in [-0.39, 0.29) is 12.6 Å². The lowest BCUT2D eigenvalue weighted by Crippen LogP contribution is -2.35. The highest BCUT2D eigenvalue weighted by Gasteiger charge is 2.03. The fraction of sp³-hybridized carbons (Fsp3) is 0.364. The number of carboxylic acid groups (broad SMARTS) is 1. The molecular weight excluding hydrogens is 194 g/mol. The van der Waals surface area contributed by atoms with E-state index in [9.17, 15) is 9.90 Å². The van der Waals surface area contributed by atoms with Gasteiger partial charge in [0.05, 0.1) is 6.10 Å². The first kappa shape index (κ1) is 11.4. The minimum atomic E-state index is -1.28. The van der Waals surface area contributed by atoms with Gasteiger partial charge >= 0.3 is 0 Å². The molecule has 0 saturated heterocycles. The van der Waals surface area contributed by atoms with Crippen molar-refractivity contribution in [2.24, 2.45) is 0 Å². The Bertz CT molecular complexity index is 336. The van der Waals surface area contributed by atoms with Crippen molar-refractivity contribution in [2.75, 3.05) is 0 Å². The van der Waals surface area contributed by atoms with Gasteiger partial charge in [0.25, 0.3) is 0 Å². The Labute approximate surface area is 88.9 Å². The van der Waals surface area contributed by atoms with Crippen LogP contribution in [0, 0.1) is 0 Å². The Morgan fingerprint density at radius 3 is 2.73 bits per heavy atom. The van der Waals surface area contributed by atoms with Gasteiger partial charge in [0.15, 0.2) is 0 Å². The first-order valence-electron chi connectivity index (χ1n) is 4.79. The summed E-state index contributed by atoms with van der Waals surface area (Å²) in [5.41, 5.74) is 0.801. The molecule has 4 heteroatoms. The Hall–Kier alpha value is -1.71. The minimum absolute atomic E-state index is 0.0640. The van der Waals surface area contributed by atoms with Crippen LogP contribution < -0.4 is 15.2 Å². The number of rotatable bonds is 4. The average molecular weight is 208 g/mol. The second-order valence-corrected chi connectivity index (χ2v) is 3.42. The molecule has 4 nitrogen and oxygen atoms in total. The van der Waals surface area contributed by atoms with E-state index in [0.29, 0.717) is 5.75 Å². The molecule has 0 unspecified atom stereocenters. The smallest absolute Gasteiger partial charge is 0.134 e. The number of carbonyl (C=O) groups excluding carboxylic acids is 1. The summed E-state index contributed by atoms with van der Waals surface area (Å²) in [6, 6.07) is 7.31. The van der Waals surface area contributed by atoms with Crippen LogP contribution in [0.5, 0.6) is 5.75 Å². The van der Waals surface area contributed by atoms with E-state index in [1.807, 2.05) is 38.1 Å². The van der Waals surface area contributed by atoms with Crippen LogP contribution in [0.4, 0.5) is 4.79 Å². The summed E-state index contributed by atoms with van der Waals surface area (Å²) >= 11 is 0. The number of amides is 1. The molecule has 82 valence electrons. The second-order valence-electron chi connectivity index (χ2n) is 3.42. The zero-order chi connectivity index (χ0) is 11.3. The van der Waals surface area contributed by atoms with Crippen molar-refractivity contribution < 1.29 is 14.6 Å². The van der Waals surface area contributed by atoms with Crippen molar-refractivity contribution in [1.29, 1.82) is 0 Å². The number of ether oxygens (including phenoxy) is 1. The fourth-order valence-electron chi connectivity index (χ4n) is 1.19. The molecule has 1 aromatic rings. The number of hydrogen-bond acceptors (Lipinski definition) is 3. The van der Waals surface area contributed by atoms with Crippen molar-refractivity contribution in [1.82, 2.24) is 5.32 Å². The van der Waals surface area contributed by atoms with Crippen LogP contribution in [-0.4, -0.2) is 12.2 Å². The van der Waals surface area contributed by atoms with Crippen molar-refractivity contribution >= 4 is 6.09 Å². The maximum absolute atomic E-state index is 10.2. The third-order valence-corrected chi connectivity index (χ3v) is 1.76. The first-order chi connectivity index (χ1) is 7.09. The average Bonchev–Trinajstić information content (AvgIpc) is 2.15. The van der Waals surface area contributed by atoms with E-state index in [1.54, 1.807) is 0 Å². The van der Waals surface area contributed by atoms with Crippen molar-refractivity contribution in [2.45, 2.75) is 26.5 Å². The van der Waals surface area contributed by atoms with Gasteiger partial charge in [0, 0.05) is 12.1 Å². The quantitative estimate of drug-likeness (QED) is 0.799. The van der Waals surface area contributed by atoms with Crippen LogP contribution in [0.15, 0.2) is 24.3 Å². The minimum Gasteiger partial charge on any atom is -0.530 e. The number of para-hydroxylation sites is 1. The lowest BCUT2D eigenvalue weighted by atomic mass is 10.2. The fourth-order valence-corrected chi connectivity index (χ4v) is 1.19. The Morgan fingerprint density at radius 2 is 2.13 bits per heavy atom. The molecule has 0 saturated carbocycles. The predicted molar refractivity (Wildman–Crippen MR) is 54.4 cm³/mol. The molecule has 0 aliphatic carbocycles. The van der Waals surface area contributed by atoms with E-state index in [2.05, 4.69) is 5.32 Å². The van der Waals surface area contributed by atoms with Crippen LogP contribution in [0.1, 0.15) is 19.4 Å². The summed E-state index contributed by atoms with van der Waals surface area (Å²) in [6.45, 7) is 4.04. The highest BCUT2D eigenvalue weighted by molar-refractivity contribution is 5.62. The molecule has 0 spiro atoms. The van der Waals surface area contributed by atoms with E-state index in [4.69, 9.17) is 4.74 Å². The zero-order valence-corrected chi connectivity index (χ0v) is 8.82. The summed E-state index contributed by atoms with van der Waals surface area (Å²) in [4.78, 5) is 10.2. The van der Waals surface area contributed by atoms with Gasteiger partial charge in [-0.05, 0) is 19.9 Å². The van der Waals surface area contributed by atoms with Crippen LogP contribution in [0.25, 0.3) is 0 Å². The Balaban J connectivity index is 2.72. The van der Waals surface area contributed by atoms with Crippen LogP contribution >= 0.6 is 0 Å². The molecule has 1 N–H and O–H groups in total. The molecule has 0 heterocycles. The molecule has 0 aromatic heterocycles. The maximum Gasteiger partial charge on any atom is 0.134 e. The molecule has 1 amide bonds. The third kappa shape index (κ3) is 3.89. The Morgan fingerprint density at radius 1 is 1.47 bits per heavy atom. The lowest BCUT2D eigenvalue weighted by molar-refractivity contribution is -0.251. The molecule has 0 aliphatic rings. The van der Waals surface area contributed by atoms with E-state index < -0.39 is 6.09 Å². The van der Waals surface area contributed by atoms with Gasteiger partial charge < -0.3 is 20.0 Å². The van der Waals surface area contributed by atoms with Gasteiger partial charge in [-0.25, -0.2) is 0 Å². The Kier molecular flexibility index (Phi) is 3.97. The van der Waals surface area contributed by atoms with Crippen molar-refractivity contribution in [3.8, 4) is 5.75 Å². The predicted octanol–water partition coefficient (Wildman–Crippen LogP) is 0.907. The summed E-state index contributed by atoms with van der Waals surface area (Å²) in [5, 5.41) is 12.4. The second kappa shape index (κ2) is 5.24. The molecular formula is C11H14NO3-. The summed E-state index contributed by atoms with van der Waals surface area (Å²) in [5.74, 6) is 0.696. The van der Waals surface area contributed by atoms with Gasteiger partial charge in [-0.2, -0.15) is 0 Å². The van der Waals surface area contributed by atoms with E-state index >= 15 is 0 Å². The highest BCUT2D eigenvalue weighted by atomic mass is 16.5. The van der Waals surface area contributed by atoms with Gasteiger partial charge in [-0.15, -0.1) is 0 Å². The molecule has 1 aromatic carbocycles. The lowest BCUT2D eigenvalue weighted by Gasteiger charge is -2.15. The van der Waals surface area contributed by atoms with E-state index in [0.717, 1.165) is 5.56 Å². The van der Waals surface area contributed by atoms with Gasteiger partial charge in [0.2, 0.25) is 0 Å². The molecule has 15 heavy (non-hydrogen) atoms. The van der Waals surface area contributed by atoms with Crippen molar-refractivity contribution in [3.63, 3.8) is 0 Å². The van der Waals surface area contributed by atoms with Crippen molar-refractivity contribution in [3.05, 3.63) is 29.8 Å². The maximum atomic E-state index is 10.2. The standard InChI is InChI=1S/C11H15NO3/c1-8(2)15-10-6-4-3-5-9(10)7-12-11(13)14/h3-6,8,12H,7H2,1-2H3,(H,13,14)/p-1. The van der Waals surface area contributed by atoms with Crippen LogP contribution in [-0.2, 0) is 6.54 Å². The SMILES string of the molecule is CC(C)Oc1ccccc1CNC(=O)[O-]. The van der Waals surface area contributed by atoms with Crippen LogP contribution in [0.3, 0.4) is 0 Å². The summed E-state index contributed by atoms with van der Waals surface area (Å²) in [7, 11) is 0. The van der Waals surface area contributed by atoms with Crippen LogP contribution in [0.2, 0.25) is 0 Å². The summed E-state index contributed by atoms with van der Waals surface area (Å²) in [6.07, 6.45) is -1.22. The molecule has 1 rings (SSSR count). The number of benzene rings is 1. The van der Waals surface area contributed by atoms with Gasteiger partial charge in [-0.3, -0.25) is 0 Å². The zero-order valence-electron chi connectivity index (χ0n) is 8.82. The number of hydrogen-bond donors (Lipinski definition) is 1. The normalized spacial score (nSPS) is 10.1. The number of nitrogens with one attached hydrogen (secondary N) is 1. The van der Waals surface area contributed by atoms with E-state index in [1.165, 1.54) is 0 Å². The van der Waals surface area contributed by atoms with Gasteiger partial charge in [0.1, 0.15) is 11.8 Å². The molecule has 0 fully saturated rings. The topological polar surface area (TPSA) is 61.4 Å². The molecule has 0 bridgehead atoms. The third-order valence-electron chi connectivity index (χ3n) is 1.76. The summed E-state index contributed by atoms with van der Waals surface area (Å²) < 4.78 is 5.52. The first-order valence-corrected chi connectivity index (χ1v) is 4.79. The van der Waals surface area contributed by atoms with Gasteiger partial charge in [-0.1, -0.05) is 18.2 Å². The molecule has 0 atom stereocenters.